The minimum atomic E-state index is -3.65. The molecule has 0 aliphatic carbocycles. The van der Waals surface area contributed by atoms with Crippen LogP contribution < -0.4 is 0 Å². The molecule has 0 aliphatic rings. The summed E-state index contributed by atoms with van der Waals surface area (Å²) >= 11 is 0. The molecule has 92 valence electrons. The Hall–Kier alpha value is -0.440. The molecular weight excluding hydrogens is 243 g/mol. The topological polar surface area (TPSA) is 43.4 Å². The summed E-state index contributed by atoms with van der Waals surface area (Å²) in [5.41, 5.74) is 0.711. The van der Waals surface area contributed by atoms with Crippen LogP contribution in [0.3, 0.4) is 0 Å². The van der Waals surface area contributed by atoms with Crippen LogP contribution in [0.4, 0.5) is 0 Å². The van der Waals surface area contributed by atoms with E-state index < -0.39 is 16.9 Å². The van der Waals surface area contributed by atoms with Crippen LogP contribution in [0.2, 0.25) is 0 Å². The van der Waals surface area contributed by atoms with Crippen molar-refractivity contribution in [2.24, 2.45) is 0 Å². The molecule has 0 unspecified atom stereocenters. The molecule has 0 fully saturated rings. The number of rotatable bonds is 3. The number of aryl methyl sites for hydroxylation is 1. The van der Waals surface area contributed by atoms with Gasteiger partial charge in [-0.1, -0.05) is 0 Å². The first-order valence-electron chi connectivity index (χ1n) is 5.00. The van der Waals surface area contributed by atoms with E-state index in [2.05, 4.69) is 0 Å². The van der Waals surface area contributed by atoms with Crippen molar-refractivity contribution in [1.82, 2.24) is 0 Å². The second-order valence-electron chi connectivity index (χ2n) is 5.71. The van der Waals surface area contributed by atoms with Gasteiger partial charge in [0.15, 0.2) is 0 Å². The normalized spacial score (nSPS) is 15.4. The standard InChI is InChI=1S/C11H19O3PS/c1-10-8-6-7-9-11(10)16(12,13)14-15(2,3,4)5/h6-9H,1-5H3. The summed E-state index contributed by atoms with van der Waals surface area (Å²) in [5, 5.41) is 0. The zero-order chi connectivity index (χ0) is 12.6. The molecular formula is C11H19O3PS. The third-order valence-electron chi connectivity index (χ3n) is 1.76. The Kier molecular flexibility index (Phi) is 3.23. The van der Waals surface area contributed by atoms with Gasteiger partial charge < -0.3 is 0 Å². The van der Waals surface area contributed by atoms with Gasteiger partial charge in [0, 0.05) is 0 Å². The molecule has 0 atom stereocenters. The molecule has 0 saturated heterocycles. The van der Waals surface area contributed by atoms with Crippen LogP contribution >= 0.6 is 6.83 Å². The van der Waals surface area contributed by atoms with Crippen molar-refractivity contribution < 1.29 is 12.4 Å². The van der Waals surface area contributed by atoms with E-state index >= 15 is 0 Å². The summed E-state index contributed by atoms with van der Waals surface area (Å²) in [6.45, 7) is 6.67. The van der Waals surface area contributed by atoms with Crippen LogP contribution in [0.15, 0.2) is 29.2 Å². The summed E-state index contributed by atoms with van der Waals surface area (Å²) in [6.07, 6.45) is 0. The van der Waals surface area contributed by atoms with E-state index in [4.69, 9.17) is 3.97 Å². The van der Waals surface area contributed by atoms with Gasteiger partial charge in [0.25, 0.3) is 0 Å². The Morgan fingerprint density at radius 1 is 1.06 bits per heavy atom. The number of hydrogen-bond acceptors (Lipinski definition) is 3. The Morgan fingerprint density at radius 2 is 1.56 bits per heavy atom. The maximum atomic E-state index is 12.1. The molecule has 1 aromatic carbocycles. The van der Waals surface area contributed by atoms with Gasteiger partial charge in [-0.3, -0.25) is 0 Å². The van der Waals surface area contributed by atoms with Gasteiger partial charge in [-0.2, -0.15) is 0 Å². The van der Waals surface area contributed by atoms with Crippen molar-refractivity contribution in [3.63, 3.8) is 0 Å². The van der Waals surface area contributed by atoms with Crippen LogP contribution in [0.5, 0.6) is 0 Å². The molecule has 1 aromatic rings. The van der Waals surface area contributed by atoms with Gasteiger partial charge in [0.1, 0.15) is 0 Å². The predicted molar refractivity (Wildman–Crippen MR) is 70.1 cm³/mol. The van der Waals surface area contributed by atoms with Crippen LogP contribution in [-0.2, 0) is 14.1 Å². The van der Waals surface area contributed by atoms with E-state index in [-0.39, 0.29) is 4.90 Å². The first-order chi connectivity index (χ1) is 6.97. The fourth-order valence-corrected chi connectivity index (χ4v) is 5.44. The Morgan fingerprint density at radius 3 is 2.00 bits per heavy atom. The van der Waals surface area contributed by atoms with Gasteiger partial charge in [0.2, 0.25) is 0 Å². The summed E-state index contributed by atoms with van der Waals surface area (Å²) in [4.78, 5) is 0.261. The quantitative estimate of drug-likeness (QED) is 0.787. The van der Waals surface area contributed by atoms with Crippen molar-refractivity contribution in [3.05, 3.63) is 29.8 Å². The van der Waals surface area contributed by atoms with Gasteiger partial charge in [0.05, 0.1) is 0 Å². The zero-order valence-electron chi connectivity index (χ0n) is 10.4. The van der Waals surface area contributed by atoms with Gasteiger partial charge in [-0.25, -0.2) is 0 Å². The summed E-state index contributed by atoms with van der Waals surface area (Å²) in [6, 6.07) is 6.85. The first-order valence-corrected chi connectivity index (χ1v) is 10.4. The Bertz CT molecular complexity index is 488. The molecule has 0 aliphatic heterocycles. The second kappa shape index (κ2) is 3.80. The molecule has 0 N–H and O–H groups in total. The van der Waals surface area contributed by atoms with Crippen molar-refractivity contribution in [1.29, 1.82) is 0 Å². The monoisotopic (exact) mass is 262 g/mol. The Balaban J connectivity index is 3.20. The van der Waals surface area contributed by atoms with Crippen molar-refractivity contribution in [2.75, 3.05) is 26.7 Å². The molecule has 0 saturated carbocycles. The minimum absolute atomic E-state index is 0.261. The van der Waals surface area contributed by atoms with Gasteiger partial charge in [-0.15, -0.1) is 0 Å². The molecule has 1 rings (SSSR count). The van der Waals surface area contributed by atoms with Crippen LogP contribution in [-0.4, -0.2) is 35.1 Å². The zero-order valence-corrected chi connectivity index (χ0v) is 12.1. The van der Waals surface area contributed by atoms with Crippen molar-refractivity contribution in [2.45, 2.75) is 11.8 Å². The average molecular weight is 262 g/mol. The predicted octanol–water partition coefficient (Wildman–Crippen LogP) is 2.69. The van der Waals surface area contributed by atoms with E-state index in [0.29, 0.717) is 5.56 Å². The van der Waals surface area contributed by atoms with Crippen molar-refractivity contribution in [3.8, 4) is 0 Å². The molecule has 3 nitrogen and oxygen atoms in total. The Labute approximate surface area is 98.0 Å². The molecule has 0 heterocycles. The fourth-order valence-electron chi connectivity index (χ4n) is 1.27. The van der Waals surface area contributed by atoms with Gasteiger partial charge >= 0.3 is 97.6 Å². The fraction of sp³-hybridized carbons (Fsp3) is 0.455. The number of benzene rings is 1. The molecule has 5 heteroatoms. The molecule has 0 aromatic heterocycles. The van der Waals surface area contributed by atoms with Gasteiger partial charge in [-0.05, 0) is 0 Å². The van der Waals surface area contributed by atoms with Crippen molar-refractivity contribution >= 4 is 16.9 Å². The van der Waals surface area contributed by atoms with E-state index in [1.54, 1.807) is 25.1 Å². The van der Waals surface area contributed by atoms with E-state index in [1.165, 1.54) is 0 Å². The third-order valence-corrected chi connectivity index (χ3v) is 5.93. The summed E-state index contributed by atoms with van der Waals surface area (Å²) in [7, 11) is -3.65. The first kappa shape index (κ1) is 13.6. The molecule has 0 radical (unpaired) electrons. The summed E-state index contributed by atoms with van der Waals surface area (Å²) < 4.78 is 29.6. The molecule has 0 amide bonds. The van der Waals surface area contributed by atoms with E-state index in [0.717, 1.165) is 0 Å². The number of hydrogen-bond donors (Lipinski definition) is 0. The maximum absolute atomic E-state index is 12.1. The molecule has 0 bridgehead atoms. The average Bonchev–Trinajstić information content (AvgIpc) is 1.98. The van der Waals surface area contributed by atoms with Crippen LogP contribution in [0.25, 0.3) is 0 Å². The van der Waals surface area contributed by atoms with E-state index in [9.17, 15) is 8.42 Å². The second-order valence-corrected chi connectivity index (χ2v) is 14.5. The SMILES string of the molecule is Cc1ccccc1S(=O)(=O)OP(C)(C)(C)C. The molecule has 0 spiro atoms. The van der Waals surface area contributed by atoms with E-state index in [1.807, 2.05) is 32.7 Å². The molecule has 16 heavy (non-hydrogen) atoms. The summed E-state index contributed by atoms with van der Waals surface area (Å²) in [5.74, 6) is 0. The third kappa shape index (κ3) is 3.85. The van der Waals surface area contributed by atoms with Crippen LogP contribution in [0, 0.1) is 6.92 Å². The van der Waals surface area contributed by atoms with Crippen LogP contribution in [0.1, 0.15) is 5.56 Å².